The Labute approximate surface area is 174 Å². The third kappa shape index (κ3) is 4.76. The van der Waals surface area contributed by atoms with E-state index in [1.807, 2.05) is 12.1 Å². The number of aliphatic hydroxyl groups is 1. The summed E-state index contributed by atoms with van der Waals surface area (Å²) < 4.78 is 1.60. The third-order valence-corrected chi connectivity index (χ3v) is 5.43. The number of aliphatic hydroxyl groups excluding tert-OH is 1. The third-order valence-electron chi connectivity index (χ3n) is 5.18. The highest BCUT2D eigenvalue weighted by molar-refractivity contribution is 6.30. The number of nitrogens with zero attached hydrogens (tertiary/aromatic N) is 4. The van der Waals surface area contributed by atoms with E-state index in [4.69, 9.17) is 11.6 Å². The second kappa shape index (κ2) is 8.92. The van der Waals surface area contributed by atoms with Gasteiger partial charge in [0.05, 0.1) is 23.5 Å². The number of likely N-dealkylation sites (tertiary alicyclic amines) is 1. The number of aromatic nitrogens is 3. The molecular formula is C20H26ClN5O3. The Morgan fingerprint density at radius 2 is 1.86 bits per heavy atom. The van der Waals surface area contributed by atoms with Gasteiger partial charge in [0.2, 0.25) is 5.91 Å². The molecule has 0 bridgehead atoms. The van der Waals surface area contributed by atoms with E-state index in [1.54, 1.807) is 42.5 Å². The number of carbonyl (C=O) groups excluding carboxylic acids is 2. The lowest BCUT2D eigenvalue weighted by Crippen LogP contribution is -2.44. The average molecular weight is 420 g/mol. The number of hydrogen-bond donors (Lipinski definition) is 2. The molecule has 8 nitrogen and oxygen atoms in total. The van der Waals surface area contributed by atoms with E-state index in [0.29, 0.717) is 36.6 Å². The lowest BCUT2D eigenvalue weighted by molar-refractivity contribution is -0.125. The molecule has 2 amide bonds. The minimum Gasteiger partial charge on any atom is -0.391 e. The molecule has 1 saturated heterocycles. The van der Waals surface area contributed by atoms with Crippen molar-refractivity contribution in [3.63, 3.8) is 0 Å². The van der Waals surface area contributed by atoms with Crippen LogP contribution in [0.1, 0.15) is 42.9 Å². The predicted octanol–water partition coefficient (Wildman–Crippen LogP) is 1.97. The summed E-state index contributed by atoms with van der Waals surface area (Å²) in [5, 5.41) is 22.1. The van der Waals surface area contributed by atoms with Crippen LogP contribution in [0.3, 0.4) is 0 Å². The molecule has 9 heteroatoms. The van der Waals surface area contributed by atoms with Crippen LogP contribution in [-0.4, -0.2) is 62.0 Å². The highest BCUT2D eigenvalue weighted by atomic mass is 35.5. The fraction of sp³-hybridized carbons (Fsp3) is 0.500. The monoisotopic (exact) mass is 419 g/mol. The molecule has 1 aromatic heterocycles. The Hall–Kier alpha value is -2.45. The van der Waals surface area contributed by atoms with E-state index in [2.05, 4.69) is 15.6 Å². The maximum Gasteiger partial charge on any atom is 0.276 e. The van der Waals surface area contributed by atoms with Gasteiger partial charge >= 0.3 is 0 Å². The molecule has 29 heavy (non-hydrogen) atoms. The predicted molar refractivity (Wildman–Crippen MR) is 109 cm³/mol. The van der Waals surface area contributed by atoms with Gasteiger partial charge in [0.25, 0.3) is 5.91 Å². The van der Waals surface area contributed by atoms with Crippen molar-refractivity contribution < 1.29 is 14.7 Å². The Morgan fingerprint density at radius 1 is 1.21 bits per heavy atom. The van der Waals surface area contributed by atoms with E-state index >= 15 is 0 Å². The molecule has 2 N–H and O–H groups in total. The minimum atomic E-state index is -0.693. The van der Waals surface area contributed by atoms with Crippen LogP contribution >= 0.6 is 11.6 Å². The fourth-order valence-electron chi connectivity index (χ4n) is 3.31. The lowest BCUT2D eigenvalue weighted by atomic mass is 10.1. The number of carbonyl (C=O) groups is 2. The van der Waals surface area contributed by atoms with Crippen LogP contribution in [0.2, 0.25) is 5.02 Å². The van der Waals surface area contributed by atoms with Gasteiger partial charge in [0, 0.05) is 24.0 Å². The fourth-order valence-corrected chi connectivity index (χ4v) is 3.44. The van der Waals surface area contributed by atoms with Crippen LogP contribution in [0.25, 0.3) is 5.69 Å². The summed E-state index contributed by atoms with van der Waals surface area (Å²) in [5.74, 6) is -0.491. The molecule has 0 spiro atoms. The second-order valence-corrected chi connectivity index (χ2v) is 8.05. The highest BCUT2D eigenvalue weighted by Crippen LogP contribution is 2.19. The Kier molecular flexibility index (Phi) is 6.54. The maximum absolute atomic E-state index is 13.0. The number of halogens is 1. The molecule has 1 aromatic carbocycles. The van der Waals surface area contributed by atoms with Gasteiger partial charge in [0.15, 0.2) is 5.69 Å². The van der Waals surface area contributed by atoms with Gasteiger partial charge in [-0.3, -0.25) is 9.59 Å². The average Bonchev–Trinajstić information content (AvgIpc) is 2.97. The zero-order valence-electron chi connectivity index (χ0n) is 16.8. The standard InChI is InChI=1S/C20H26ClN5O3/c1-12(2)19(28)22-16-8-10-25(11-9-17(16)27)20(29)18-13(3)26(24-23-18)15-6-4-14(21)5-7-15/h4-7,12,16-17,27H,8-11H2,1-3H3,(H,22,28)/t16-,17-/m0/s1. The van der Waals surface area contributed by atoms with Crippen molar-refractivity contribution in [3.05, 3.63) is 40.7 Å². The normalized spacial score (nSPS) is 19.9. The van der Waals surface area contributed by atoms with Crippen LogP contribution in [0.5, 0.6) is 0 Å². The van der Waals surface area contributed by atoms with Gasteiger partial charge < -0.3 is 15.3 Å². The van der Waals surface area contributed by atoms with Crippen LogP contribution < -0.4 is 5.32 Å². The van der Waals surface area contributed by atoms with E-state index < -0.39 is 6.10 Å². The largest absolute Gasteiger partial charge is 0.391 e. The van der Waals surface area contributed by atoms with Crippen molar-refractivity contribution in [1.29, 1.82) is 0 Å². The molecule has 3 rings (SSSR count). The summed E-state index contributed by atoms with van der Waals surface area (Å²) >= 11 is 5.93. The Bertz CT molecular complexity index is 881. The molecule has 0 aliphatic carbocycles. The van der Waals surface area contributed by atoms with Crippen molar-refractivity contribution in [3.8, 4) is 5.69 Å². The first-order valence-electron chi connectivity index (χ1n) is 9.74. The van der Waals surface area contributed by atoms with Gasteiger partial charge in [0.1, 0.15) is 0 Å². The first-order valence-corrected chi connectivity index (χ1v) is 10.1. The maximum atomic E-state index is 13.0. The SMILES string of the molecule is Cc1c(C(=O)N2CC[C@H](NC(=O)C(C)C)[C@@H](O)CC2)nnn1-c1ccc(Cl)cc1. The molecule has 2 aromatic rings. The molecule has 0 saturated carbocycles. The first kappa shape index (κ1) is 21.3. The zero-order valence-corrected chi connectivity index (χ0v) is 17.6. The highest BCUT2D eigenvalue weighted by Gasteiger charge is 2.30. The van der Waals surface area contributed by atoms with Gasteiger partial charge in [-0.05, 0) is 44.0 Å². The lowest BCUT2D eigenvalue weighted by Gasteiger charge is -2.22. The number of rotatable bonds is 4. The quantitative estimate of drug-likeness (QED) is 0.789. The summed E-state index contributed by atoms with van der Waals surface area (Å²) in [6.45, 7) is 6.22. The molecular weight excluding hydrogens is 394 g/mol. The molecule has 2 heterocycles. The molecule has 0 unspecified atom stereocenters. The van der Waals surface area contributed by atoms with Gasteiger partial charge in [-0.15, -0.1) is 5.10 Å². The zero-order chi connectivity index (χ0) is 21.1. The summed E-state index contributed by atoms with van der Waals surface area (Å²) in [6.07, 6.45) is 0.177. The van der Waals surface area contributed by atoms with Crippen molar-refractivity contribution in [1.82, 2.24) is 25.2 Å². The van der Waals surface area contributed by atoms with E-state index in [0.717, 1.165) is 5.69 Å². The van der Waals surface area contributed by atoms with Gasteiger partial charge in [-0.25, -0.2) is 4.68 Å². The van der Waals surface area contributed by atoms with Gasteiger partial charge in [-0.1, -0.05) is 30.7 Å². The van der Waals surface area contributed by atoms with Crippen LogP contribution in [-0.2, 0) is 4.79 Å². The molecule has 1 aliphatic heterocycles. The Morgan fingerprint density at radius 3 is 2.52 bits per heavy atom. The second-order valence-electron chi connectivity index (χ2n) is 7.62. The van der Waals surface area contributed by atoms with Crippen LogP contribution in [0, 0.1) is 12.8 Å². The van der Waals surface area contributed by atoms with Crippen LogP contribution in [0.4, 0.5) is 0 Å². The van der Waals surface area contributed by atoms with Crippen LogP contribution in [0.15, 0.2) is 24.3 Å². The summed E-state index contributed by atoms with van der Waals surface area (Å²) in [5.41, 5.74) is 1.67. The smallest absolute Gasteiger partial charge is 0.276 e. The first-order chi connectivity index (χ1) is 13.8. The van der Waals surface area contributed by atoms with Crippen molar-refractivity contribution >= 4 is 23.4 Å². The Balaban J connectivity index is 1.72. The minimum absolute atomic E-state index is 0.101. The number of amides is 2. The van der Waals surface area contributed by atoms with Gasteiger partial charge in [-0.2, -0.15) is 0 Å². The molecule has 2 atom stereocenters. The van der Waals surface area contributed by atoms with E-state index in [9.17, 15) is 14.7 Å². The number of benzene rings is 1. The number of nitrogens with one attached hydrogen (secondary N) is 1. The molecule has 156 valence electrons. The molecule has 1 aliphatic rings. The molecule has 0 radical (unpaired) electrons. The van der Waals surface area contributed by atoms with Crippen molar-refractivity contribution in [2.75, 3.05) is 13.1 Å². The summed E-state index contributed by atoms with van der Waals surface area (Å²) in [7, 11) is 0. The topological polar surface area (TPSA) is 100 Å². The number of hydrogen-bond acceptors (Lipinski definition) is 5. The van der Waals surface area contributed by atoms with E-state index in [1.165, 1.54) is 0 Å². The van der Waals surface area contributed by atoms with Crippen molar-refractivity contribution in [2.45, 2.75) is 45.8 Å². The van der Waals surface area contributed by atoms with Crippen molar-refractivity contribution in [2.24, 2.45) is 5.92 Å². The van der Waals surface area contributed by atoms with E-state index in [-0.39, 0.29) is 29.5 Å². The summed E-state index contributed by atoms with van der Waals surface area (Å²) in [4.78, 5) is 26.7. The summed E-state index contributed by atoms with van der Waals surface area (Å²) in [6, 6.07) is 6.75. The molecule has 1 fully saturated rings.